The van der Waals surface area contributed by atoms with Gasteiger partial charge in [0.2, 0.25) is 0 Å². The number of hydrogen-bond donors (Lipinski definition) is 0. The number of carbonyl (C=O) groups is 1. The first-order chi connectivity index (χ1) is 20.7. The molecule has 0 spiro atoms. The first-order valence-corrected chi connectivity index (χ1v) is 17.1. The summed E-state index contributed by atoms with van der Waals surface area (Å²) < 4.78 is 1.08. The quantitative estimate of drug-likeness (QED) is 0.209. The van der Waals surface area contributed by atoms with Crippen LogP contribution in [0.3, 0.4) is 0 Å². The summed E-state index contributed by atoms with van der Waals surface area (Å²) in [5, 5.41) is 2.41. The number of fused-ring (bicyclic) bond motifs is 3. The van der Waals surface area contributed by atoms with Crippen LogP contribution in [0.1, 0.15) is 128 Å². The summed E-state index contributed by atoms with van der Waals surface area (Å²) in [5.41, 5.74) is 12.9. The molecule has 1 nitrogen and oxygen atoms in total. The Morgan fingerprint density at radius 2 is 0.844 bits per heavy atom. The van der Waals surface area contributed by atoms with Gasteiger partial charge in [0.25, 0.3) is 0 Å². The molecule has 0 aromatic heterocycles. The third-order valence-electron chi connectivity index (χ3n) is 9.64. The molecule has 0 N–H and O–H groups in total. The maximum Gasteiger partial charge on any atom is 0.195 e. The standard InChI is InChI=1S/C43H47BrO/c1-40(2,3)26-18-24(19-27(22-26)41(4,5)6)34-37-31-15-13-14-30-33(44)17-16-32(36(30)31)38(37)35(39(34)45)25-20-28(42(7,8)9)23-29(21-25)43(10,11)12/h13-23H,1-12H3. The lowest BCUT2D eigenvalue weighted by Gasteiger charge is -2.27. The summed E-state index contributed by atoms with van der Waals surface area (Å²) in [5.74, 6) is 0.127. The monoisotopic (exact) mass is 658 g/mol. The van der Waals surface area contributed by atoms with Crippen LogP contribution in [-0.2, 0) is 26.5 Å². The molecule has 0 saturated carbocycles. The summed E-state index contributed by atoms with van der Waals surface area (Å²) in [6, 6.07) is 24.7. The number of benzene rings is 4. The second kappa shape index (κ2) is 10.1. The van der Waals surface area contributed by atoms with Gasteiger partial charge in [-0.25, -0.2) is 0 Å². The average molecular weight is 660 g/mol. The Kier molecular flexibility index (Phi) is 7.15. The Morgan fingerprint density at radius 3 is 1.22 bits per heavy atom. The maximum atomic E-state index is 15.2. The number of ketones is 1. The zero-order chi connectivity index (χ0) is 33.0. The highest BCUT2D eigenvalue weighted by molar-refractivity contribution is 9.10. The highest BCUT2D eigenvalue weighted by atomic mass is 79.9. The molecule has 0 saturated heterocycles. The van der Waals surface area contributed by atoms with Gasteiger partial charge in [0, 0.05) is 26.8 Å². The topological polar surface area (TPSA) is 17.1 Å². The van der Waals surface area contributed by atoms with E-state index in [4.69, 9.17) is 0 Å². The van der Waals surface area contributed by atoms with E-state index in [0.29, 0.717) is 0 Å². The van der Waals surface area contributed by atoms with E-state index >= 15 is 4.79 Å². The predicted molar refractivity (Wildman–Crippen MR) is 198 cm³/mol. The van der Waals surface area contributed by atoms with Crippen LogP contribution in [0.4, 0.5) is 0 Å². The van der Waals surface area contributed by atoms with Crippen molar-refractivity contribution in [2.45, 2.75) is 105 Å². The molecule has 4 aromatic rings. The normalized spacial score (nSPS) is 15.5. The van der Waals surface area contributed by atoms with Crippen LogP contribution < -0.4 is 0 Å². The Hall–Kier alpha value is -3.23. The van der Waals surface area contributed by atoms with Crippen molar-refractivity contribution < 1.29 is 4.79 Å². The van der Waals surface area contributed by atoms with Gasteiger partial charge in [0.15, 0.2) is 5.78 Å². The van der Waals surface area contributed by atoms with Crippen LogP contribution in [0, 0.1) is 0 Å². The van der Waals surface area contributed by atoms with Gasteiger partial charge in [0.05, 0.1) is 0 Å². The van der Waals surface area contributed by atoms with Gasteiger partial charge in [0.1, 0.15) is 0 Å². The number of allylic oxidation sites excluding steroid dienone is 4. The zero-order valence-electron chi connectivity index (χ0n) is 29.1. The van der Waals surface area contributed by atoms with Crippen molar-refractivity contribution in [1.82, 2.24) is 0 Å². The SMILES string of the molecule is CC(C)(C)c1cc(C2=C3C(=C(c4cc(C(C)(C)C)cc(C(C)(C)C)c4)C2=O)c2ccc(Br)c4cccc3c24)cc(C(C)(C)C)c1. The van der Waals surface area contributed by atoms with Crippen LogP contribution in [0.5, 0.6) is 0 Å². The van der Waals surface area contributed by atoms with Gasteiger partial charge < -0.3 is 0 Å². The molecule has 2 aliphatic carbocycles. The van der Waals surface area contributed by atoms with E-state index in [1.54, 1.807) is 0 Å². The first-order valence-electron chi connectivity index (χ1n) is 16.3. The Morgan fingerprint density at radius 1 is 0.467 bits per heavy atom. The molecule has 0 unspecified atom stereocenters. The molecule has 0 amide bonds. The van der Waals surface area contributed by atoms with Crippen molar-refractivity contribution in [3.63, 3.8) is 0 Å². The molecule has 232 valence electrons. The van der Waals surface area contributed by atoms with E-state index < -0.39 is 0 Å². The fraction of sp³-hybridized carbons (Fsp3) is 0.372. The highest BCUT2D eigenvalue weighted by Crippen LogP contribution is 2.58. The fourth-order valence-electron chi connectivity index (χ4n) is 6.76. The summed E-state index contributed by atoms with van der Waals surface area (Å²) >= 11 is 3.83. The molecule has 0 fully saturated rings. The third-order valence-corrected chi connectivity index (χ3v) is 10.3. The van der Waals surface area contributed by atoms with Crippen molar-refractivity contribution in [3.05, 3.63) is 116 Å². The number of Topliss-reactive ketones (excluding diaryl/α,β-unsaturated/α-hetero) is 1. The lowest BCUT2D eigenvalue weighted by molar-refractivity contribution is -0.108. The van der Waals surface area contributed by atoms with Crippen LogP contribution in [0.2, 0.25) is 0 Å². The Labute approximate surface area is 279 Å². The lowest BCUT2D eigenvalue weighted by Crippen LogP contribution is -2.18. The predicted octanol–water partition coefficient (Wildman–Crippen LogP) is 12.2. The molecule has 2 heteroatoms. The van der Waals surface area contributed by atoms with E-state index in [1.165, 1.54) is 33.0 Å². The Bertz CT molecular complexity index is 1810. The smallest absolute Gasteiger partial charge is 0.195 e. The van der Waals surface area contributed by atoms with E-state index in [0.717, 1.165) is 49.0 Å². The molecule has 0 aliphatic heterocycles. The minimum atomic E-state index is -0.0614. The molecule has 0 bridgehead atoms. The molecule has 0 radical (unpaired) electrons. The second-order valence-corrected chi connectivity index (χ2v) is 18.1. The van der Waals surface area contributed by atoms with Gasteiger partial charge in [-0.2, -0.15) is 0 Å². The van der Waals surface area contributed by atoms with E-state index in [-0.39, 0.29) is 27.4 Å². The van der Waals surface area contributed by atoms with Gasteiger partial charge in [-0.05, 0) is 83.0 Å². The molecular formula is C43H47BrO. The van der Waals surface area contributed by atoms with Crippen LogP contribution >= 0.6 is 15.9 Å². The van der Waals surface area contributed by atoms with Gasteiger partial charge >= 0.3 is 0 Å². The summed E-state index contributed by atoms with van der Waals surface area (Å²) in [6.45, 7) is 27.1. The van der Waals surface area contributed by atoms with E-state index in [2.05, 4.69) is 166 Å². The molecular weight excluding hydrogens is 612 g/mol. The minimum absolute atomic E-state index is 0.0614. The first kappa shape index (κ1) is 31.7. The van der Waals surface area contributed by atoms with Crippen LogP contribution in [-0.4, -0.2) is 5.78 Å². The van der Waals surface area contributed by atoms with Gasteiger partial charge in [-0.1, -0.05) is 160 Å². The largest absolute Gasteiger partial charge is 0.289 e. The van der Waals surface area contributed by atoms with Crippen molar-refractivity contribution >= 4 is 54.8 Å². The highest BCUT2D eigenvalue weighted by Gasteiger charge is 2.41. The maximum absolute atomic E-state index is 15.2. The van der Waals surface area contributed by atoms with Crippen molar-refractivity contribution in [3.8, 4) is 0 Å². The number of halogens is 1. The lowest BCUT2D eigenvalue weighted by atomic mass is 9.77. The van der Waals surface area contributed by atoms with E-state index in [1.807, 2.05) is 0 Å². The zero-order valence-corrected chi connectivity index (χ0v) is 30.7. The Balaban J connectivity index is 1.74. The number of rotatable bonds is 2. The van der Waals surface area contributed by atoms with Crippen molar-refractivity contribution in [2.75, 3.05) is 0 Å². The molecule has 0 atom stereocenters. The molecule has 0 heterocycles. The summed E-state index contributed by atoms with van der Waals surface area (Å²) in [4.78, 5) is 15.2. The third kappa shape index (κ3) is 5.28. The number of carbonyl (C=O) groups excluding carboxylic acids is 1. The van der Waals surface area contributed by atoms with E-state index in [9.17, 15) is 0 Å². The number of hydrogen-bond acceptors (Lipinski definition) is 1. The van der Waals surface area contributed by atoms with Crippen molar-refractivity contribution in [2.24, 2.45) is 0 Å². The fourth-order valence-corrected chi connectivity index (χ4v) is 7.22. The van der Waals surface area contributed by atoms with Crippen LogP contribution in [0.25, 0.3) is 33.1 Å². The second-order valence-electron chi connectivity index (χ2n) is 17.3. The van der Waals surface area contributed by atoms with Crippen molar-refractivity contribution in [1.29, 1.82) is 0 Å². The minimum Gasteiger partial charge on any atom is -0.289 e. The molecule has 45 heavy (non-hydrogen) atoms. The summed E-state index contributed by atoms with van der Waals surface area (Å²) in [6.07, 6.45) is 0. The van der Waals surface area contributed by atoms with Crippen LogP contribution in [0.15, 0.2) is 71.2 Å². The molecule has 2 aliphatic rings. The van der Waals surface area contributed by atoms with Gasteiger partial charge in [-0.3, -0.25) is 4.79 Å². The average Bonchev–Trinajstić information content (AvgIpc) is 3.40. The summed E-state index contributed by atoms with van der Waals surface area (Å²) in [7, 11) is 0. The van der Waals surface area contributed by atoms with Gasteiger partial charge in [-0.15, -0.1) is 0 Å². The molecule has 6 rings (SSSR count). The molecule has 4 aromatic carbocycles.